The Kier molecular flexibility index (Phi) is 8.79. The summed E-state index contributed by atoms with van der Waals surface area (Å²) in [5.41, 5.74) is 1.74. The molecule has 1 aliphatic heterocycles. The van der Waals surface area contributed by atoms with Gasteiger partial charge in [-0.3, -0.25) is 9.78 Å². The van der Waals surface area contributed by atoms with Crippen LogP contribution in [0.5, 0.6) is 5.75 Å². The minimum Gasteiger partial charge on any atom is -0.497 e. The lowest BCUT2D eigenvalue weighted by Crippen LogP contribution is -2.41. The summed E-state index contributed by atoms with van der Waals surface area (Å²) in [5, 5.41) is 21.3. The van der Waals surface area contributed by atoms with E-state index in [1.807, 2.05) is 24.3 Å². The van der Waals surface area contributed by atoms with Crippen LogP contribution in [0, 0.1) is 17.8 Å². The van der Waals surface area contributed by atoms with Gasteiger partial charge in [-0.15, -0.1) is 0 Å². The van der Waals surface area contributed by atoms with Crippen molar-refractivity contribution in [3.8, 4) is 5.75 Å². The topological polar surface area (TPSA) is 82.9 Å². The number of aromatic nitrogens is 1. The van der Waals surface area contributed by atoms with Crippen molar-refractivity contribution in [2.75, 3.05) is 26.7 Å². The number of carboxylic acids is 1. The highest BCUT2D eigenvalue weighted by Gasteiger charge is 2.30. The summed E-state index contributed by atoms with van der Waals surface area (Å²) < 4.78 is 5.37. The lowest BCUT2D eigenvalue weighted by molar-refractivity contribution is -0.137. The SMILES string of the molecule is COc1ccc2nccc(C(O)CC[C@@H]3CCN(CCC4CCCC4)C[C@@H]3CCC(=O)O)c2c1. The van der Waals surface area contributed by atoms with Gasteiger partial charge in [-0.25, -0.2) is 0 Å². The summed E-state index contributed by atoms with van der Waals surface area (Å²) in [7, 11) is 1.64. The maximum Gasteiger partial charge on any atom is 0.303 e. The molecule has 0 amide bonds. The molecule has 2 fully saturated rings. The number of carbonyl (C=O) groups is 1. The number of methoxy groups -OCH3 is 1. The molecule has 3 atom stereocenters. The molecular formula is C28H40N2O4. The number of carboxylic acid groups (broad SMARTS) is 1. The van der Waals surface area contributed by atoms with Gasteiger partial charge in [-0.2, -0.15) is 0 Å². The molecule has 1 aromatic heterocycles. The number of aliphatic hydroxyl groups is 1. The summed E-state index contributed by atoms with van der Waals surface area (Å²) >= 11 is 0. The van der Waals surface area contributed by atoms with E-state index in [4.69, 9.17) is 4.74 Å². The first-order valence-electron chi connectivity index (χ1n) is 13.1. The fraction of sp³-hybridized carbons (Fsp3) is 0.643. The molecule has 0 radical (unpaired) electrons. The Labute approximate surface area is 203 Å². The molecule has 6 heteroatoms. The van der Waals surface area contributed by atoms with Crippen LogP contribution in [0.1, 0.15) is 75.9 Å². The second kappa shape index (κ2) is 12.0. The molecule has 34 heavy (non-hydrogen) atoms. The van der Waals surface area contributed by atoms with Crippen LogP contribution in [-0.2, 0) is 4.79 Å². The standard InChI is InChI=1S/C28H40N2O4/c1-34-23-8-9-26-25(18-23)24(12-15-29-26)27(31)10-6-21-14-17-30(16-13-20-4-2-3-5-20)19-22(21)7-11-28(32)33/h8-9,12,15,18,20-22,27,31H,2-7,10-11,13-14,16-17,19H2,1H3,(H,32,33)/t21-,22+,27?/m1/s1. The van der Waals surface area contributed by atoms with E-state index in [1.54, 1.807) is 13.3 Å². The molecule has 2 aliphatic rings. The molecule has 2 N–H and O–H groups in total. The molecule has 1 saturated heterocycles. The summed E-state index contributed by atoms with van der Waals surface area (Å²) in [4.78, 5) is 18.3. The van der Waals surface area contributed by atoms with E-state index < -0.39 is 12.1 Å². The fourth-order valence-electron chi connectivity index (χ4n) is 6.13. The predicted octanol–water partition coefficient (Wildman–Crippen LogP) is 5.44. The molecule has 1 aliphatic carbocycles. The molecular weight excluding hydrogens is 428 g/mol. The van der Waals surface area contributed by atoms with E-state index >= 15 is 0 Å². The van der Waals surface area contributed by atoms with Crippen LogP contribution in [0.3, 0.4) is 0 Å². The first-order valence-corrected chi connectivity index (χ1v) is 13.1. The van der Waals surface area contributed by atoms with Crippen molar-refractivity contribution in [2.45, 2.75) is 70.3 Å². The van der Waals surface area contributed by atoms with Gasteiger partial charge in [0.25, 0.3) is 0 Å². The van der Waals surface area contributed by atoms with E-state index in [9.17, 15) is 15.0 Å². The number of rotatable bonds is 11. The number of aliphatic carboxylic acids is 1. The number of aliphatic hydroxyl groups excluding tert-OH is 1. The zero-order valence-electron chi connectivity index (χ0n) is 20.5. The average Bonchev–Trinajstić information content (AvgIpc) is 3.38. The molecule has 2 heterocycles. The molecule has 0 bridgehead atoms. The lowest BCUT2D eigenvalue weighted by atomic mass is 9.78. The minimum absolute atomic E-state index is 0.231. The van der Waals surface area contributed by atoms with E-state index in [2.05, 4.69) is 9.88 Å². The Morgan fingerprint density at radius 2 is 1.97 bits per heavy atom. The predicted molar refractivity (Wildman–Crippen MR) is 134 cm³/mol. The maximum absolute atomic E-state index is 11.3. The molecule has 1 aromatic carbocycles. The van der Waals surface area contributed by atoms with Crippen LogP contribution in [0.2, 0.25) is 0 Å². The summed E-state index contributed by atoms with van der Waals surface area (Å²) in [6.07, 6.45) is 11.6. The first kappa shape index (κ1) is 24.9. The van der Waals surface area contributed by atoms with Gasteiger partial charge in [0.05, 0.1) is 18.7 Å². The number of pyridine rings is 1. The summed E-state index contributed by atoms with van der Waals surface area (Å²) in [6.45, 7) is 3.23. The number of ether oxygens (including phenoxy) is 1. The van der Waals surface area contributed by atoms with Gasteiger partial charge in [-0.05, 0) is 92.8 Å². The van der Waals surface area contributed by atoms with Crippen LogP contribution < -0.4 is 4.74 Å². The number of hydrogen-bond acceptors (Lipinski definition) is 5. The van der Waals surface area contributed by atoms with Gasteiger partial charge in [0.15, 0.2) is 0 Å². The van der Waals surface area contributed by atoms with Crippen molar-refractivity contribution in [3.63, 3.8) is 0 Å². The molecule has 1 unspecified atom stereocenters. The van der Waals surface area contributed by atoms with Gasteiger partial charge in [-0.1, -0.05) is 25.7 Å². The largest absolute Gasteiger partial charge is 0.497 e. The molecule has 0 spiro atoms. The fourth-order valence-corrected chi connectivity index (χ4v) is 6.13. The van der Waals surface area contributed by atoms with Gasteiger partial charge in [0.1, 0.15) is 5.75 Å². The number of benzene rings is 1. The van der Waals surface area contributed by atoms with E-state index in [-0.39, 0.29) is 6.42 Å². The highest BCUT2D eigenvalue weighted by atomic mass is 16.5. The van der Waals surface area contributed by atoms with E-state index in [0.717, 1.165) is 67.0 Å². The number of piperidine rings is 1. The van der Waals surface area contributed by atoms with Gasteiger partial charge < -0.3 is 19.8 Å². The Hall–Kier alpha value is -2.18. The average molecular weight is 469 g/mol. The number of fused-ring (bicyclic) bond motifs is 1. The van der Waals surface area contributed by atoms with Crippen molar-refractivity contribution in [1.82, 2.24) is 9.88 Å². The minimum atomic E-state index is -0.709. The van der Waals surface area contributed by atoms with Gasteiger partial charge >= 0.3 is 5.97 Å². The zero-order valence-corrected chi connectivity index (χ0v) is 20.5. The third-order valence-electron chi connectivity index (χ3n) is 8.19. The van der Waals surface area contributed by atoms with Crippen molar-refractivity contribution < 1.29 is 19.7 Å². The van der Waals surface area contributed by atoms with Crippen molar-refractivity contribution >= 4 is 16.9 Å². The Balaban J connectivity index is 1.37. The lowest BCUT2D eigenvalue weighted by Gasteiger charge is -2.39. The van der Waals surface area contributed by atoms with Crippen LogP contribution in [0.4, 0.5) is 0 Å². The number of nitrogens with zero attached hydrogens (tertiary/aromatic N) is 2. The van der Waals surface area contributed by atoms with Crippen LogP contribution in [0.15, 0.2) is 30.5 Å². The molecule has 186 valence electrons. The van der Waals surface area contributed by atoms with Crippen LogP contribution >= 0.6 is 0 Å². The first-order chi connectivity index (χ1) is 16.5. The molecule has 1 saturated carbocycles. The smallest absolute Gasteiger partial charge is 0.303 e. The third kappa shape index (κ3) is 6.48. The molecule has 2 aromatic rings. The Morgan fingerprint density at radius 3 is 2.74 bits per heavy atom. The zero-order chi connectivity index (χ0) is 23.9. The quantitative estimate of drug-likeness (QED) is 0.457. The highest BCUT2D eigenvalue weighted by Crippen LogP contribution is 2.36. The normalized spacial score (nSPS) is 22.8. The summed E-state index contributed by atoms with van der Waals surface area (Å²) in [6, 6.07) is 7.66. The highest BCUT2D eigenvalue weighted by molar-refractivity contribution is 5.83. The Morgan fingerprint density at radius 1 is 1.15 bits per heavy atom. The maximum atomic E-state index is 11.3. The van der Waals surface area contributed by atoms with E-state index in [1.165, 1.54) is 32.1 Å². The number of hydrogen-bond donors (Lipinski definition) is 2. The van der Waals surface area contributed by atoms with Crippen molar-refractivity contribution in [2.24, 2.45) is 17.8 Å². The van der Waals surface area contributed by atoms with Crippen LogP contribution in [0.25, 0.3) is 10.9 Å². The van der Waals surface area contributed by atoms with Crippen molar-refractivity contribution in [3.05, 3.63) is 36.0 Å². The van der Waals surface area contributed by atoms with Gasteiger partial charge in [0, 0.05) is 24.5 Å². The monoisotopic (exact) mass is 468 g/mol. The number of likely N-dealkylation sites (tertiary alicyclic amines) is 1. The third-order valence-corrected chi connectivity index (χ3v) is 8.19. The summed E-state index contributed by atoms with van der Waals surface area (Å²) in [5.74, 6) is 1.78. The molecule has 6 nitrogen and oxygen atoms in total. The van der Waals surface area contributed by atoms with E-state index in [0.29, 0.717) is 18.3 Å². The van der Waals surface area contributed by atoms with Crippen molar-refractivity contribution in [1.29, 1.82) is 0 Å². The second-order valence-corrected chi connectivity index (χ2v) is 10.4. The molecule has 4 rings (SSSR count). The Bertz CT molecular complexity index is 943. The second-order valence-electron chi connectivity index (χ2n) is 10.4. The van der Waals surface area contributed by atoms with Crippen LogP contribution in [-0.4, -0.2) is 52.8 Å². The van der Waals surface area contributed by atoms with Gasteiger partial charge in [0.2, 0.25) is 0 Å².